The highest BCUT2D eigenvalue weighted by Crippen LogP contribution is 2.38. The lowest BCUT2D eigenvalue weighted by Gasteiger charge is -2.29. The van der Waals surface area contributed by atoms with Gasteiger partial charge in [-0.1, -0.05) is 55.5 Å². The summed E-state index contributed by atoms with van der Waals surface area (Å²) < 4.78 is 0. The van der Waals surface area contributed by atoms with E-state index in [9.17, 15) is 0 Å². The van der Waals surface area contributed by atoms with Gasteiger partial charge in [0.05, 0.1) is 0 Å². The number of para-hydroxylation sites is 1. The standard InChI is InChI=1S/C19H20N/c1-4-19(3,15-10-6-5-7-11-15)18-14(2)16-12-8-9-13-17(16)20-18/h5-13,20H,1,4H2,2-3H3. The molecule has 1 radical (unpaired) electrons. The minimum Gasteiger partial charge on any atom is -0.357 e. The van der Waals surface area contributed by atoms with Crippen LogP contribution in [0.4, 0.5) is 0 Å². The van der Waals surface area contributed by atoms with Gasteiger partial charge >= 0.3 is 0 Å². The SMILES string of the molecule is [CH2]CC(C)(c1ccccc1)c1[nH]c2ccccc2c1C. The molecule has 1 unspecified atom stereocenters. The van der Waals surface area contributed by atoms with Crippen LogP contribution >= 0.6 is 0 Å². The maximum absolute atomic E-state index is 4.20. The van der Waals surface area contributed by atoms with Gasteiger partial charge in [-0.05, 0) is 37.5 Å². The van der Waals surface area contributed by atoms with Gasteiger partial charge in [0.1, 0.15) is 0 Å². The molecule has 0 aliphatic heterocycles. The van der Waals surface area contributed by atoms with Crippen LogP contribution in [0.3, 0.4) is 0 Å². The molecule has 0 spiro atoms. The van der Waals surface area contributed by atoms with E-state index in [0.29, 0.717) is 0 Å². The quantitative estimate of drug-likeness (QED) is 0.683. The summed E-state index contributed by atoms with van der Waals surface area (Å²) in [6.07, 6.45) is 0.824. The number of benzene rings is 2. The topological polar surface area (TPSA) is 15.8 Å². The molecule has 0 aliphatic carbocycles. The molecule has 1 aromatic heterocycles. The van der Waals surface area contributed by atoms with Crippen molar-refractivity contribution >= 4 is 10.9 Å². The first-order valence-electron chi connectivity index (χ1n) is 7.09. The zero-order valence-corrected chi connectivity index (χ0v) is 12.1. The van der Waals surface area contributed by atoms with E-state index in [-0.39, 0.29) is 5.41 Å². The Morgan fingerprint density at radius 3 is 2.30 bits per heavy atom. The van der Waals surface area contributed by atoms with Gasteiger partial charge in [-0.3, -0.25) is 0 Å². The first-order valence-corrected chi connectivity index (χ1v) is 7.09. The van der Waals surface area contributed by atoms with Crippen molar-refractivity contribution in [3.63, 3.8) is 0 Å². The third-order valence-electron chi connectivity index (χ3n) is 4.43. The fourth-order valence-electron chi connectivity index (χ4n) is 3.05. The Kier molecular flexibility index (Phi) is 3.13. The van der Waals surface area contributed by atoms with Crippen LogP contribution in [0.25, 0.3) is 10.9 Å². The average molecular weight is 262 g/mol. The average Bonchev–Trinajstić information content (AvgIpc) is 2.85. The molecule has 1 N–H and O–H groups in total. The van der Waals surface area contributed by atoms with Crippen LogP contribution in [0.5, 0.6) is 0 Å². The second-order valence-electron chi connectivity index (χ2n) is 5.62. The van der Waals surface area contributed by atoms with Crippen LogP contribution in [-0.4, -0.2) is 4.98 Å². The lowest BCUT2D eigenvalue weighted by atomic mass is 9.76. The lowest BCUT2D eigenvalue weighted by Crippen LogP contribution is -2.24. The smallest absolute Gasteiger partial charge is 0.0459 e. The molecular formula is C19H20N. The fourth-order valence-corrected chi connectivity index (χ4v) is 3.05. The zero-order chi connectivity index (χ0) is 14.2. The lowest BCUT2D eigenvalue weighted by molar-refractivity contribution is 0.560. The Balaban J connectivity index is 2.24. The number of aromatic nitrogens is 1. The van der Waals surface area contributed by atoms with Gasteiger partial charge in [0.25, 0.3) is 0 Å². The van der Waals surface area contributed by atoms with Crippen molar-refractivity contribution in [2.45, 2.75) is 25.7 Å². The molecule has 2 aromatic carbocycles. The van der Waals surface area contributed by atoms with Gasteiger partial charge in [0.15, 0.2) is 0 Å². The van der Waals surface area contributed by atoms with Crippen LogP contribution in [0.15, 0.2) is 54.6 Å². The van der Waals surface area contributed by atoms with Crippen molar-refractivity contribution in [1.82, 2.24) is 4.98 Å². The van der Waals surface area contributed by atoms with Gasteiger partial charge in [0, 0.05) is 22.0 Å². The second kappa shape index (κ2) is 4.82. The largest absolute Gasteiger partial charge is 0.357 e. The van der Waals surface area contributed by atoms with Gasteiger partial charge in [0.2, 0.25) is 0 Å². The van der Waals surface area contributed by atoms with Gasteiger partial charge in [-0.25, -0.2) is 0 Å². The maximum atomic E-state index is 4.20. The van der Waals surface area contributed by atoms with E-state index in [0.717, 1.165) is 6.42 Å². The Morgan fingerprint density at radius 2 is 1.65 bits per heavy atom. The summed E-state index contributed by atoms with van der Waals surface area (Å²) in [5, 5.41) is 1.30. The first-order chi connectivity index (χ1) is 9.66. The zero-order valence-electron chi connectivity index (χ0n) is 12.1. The molecule has 20 heavy (non-hydrogen) atoms. The predicted molar refractivity (Wildman–Crippen MR) is 85.9 cm³/mol. The van der Waals surface area contributed by atoms with E-state index < -0.39 is 0 Å². The molecule has 1 atom stereocenters. The minimum absolute atomic E-state index is 0.0790. The number of aryl methyl sites for hydroxylation is 1. The van der Waals surface area contributed by atoms with Gasteiger partial charge in [-0.2, -0.15) is 0 Å². The number of aromatic amines is 1. The molecule has 1 nitrogen and oxygen atoms in total. The van der Waals surface area contributed by atoms with Crippen molar-refractivity contribution in [1.29, 1.82) is 0 Å². The normalized spacial score (nSPS) is 14.3. The molecule has 3 rings (SSSR count). The summed E-state index contributed by atoms with van der Waals surface area (Å²) in [6.45, 7) is 8.67. The van der Waals surface area contributed by atoms with Crippen molar-refractivity contribution in [3.05, 3.63) is 78.3 Å². The number of rotatable bonds is 3. The molecule has 101 valence electrons. The molecule has 0 aliphatic rings. The Bertz CT molecular complexity index is 724. The molecule has 1 heteroatoms. The fraction of sp³-hybridized carbons (Fsp3) is 0.211. The molecular weight excluding hydrogens is 242 g/mol. The number of hydrogen-bond acceptors (Lipinski definition) is 0. The van der Waals surface area contributed by atoms with E-state index in [1.165, 1.54) is 27.7 Å². The van der Waals surface area contributed by atoms with Crippen LogP contribution < -0.4 is 0 Å². The Labute approximate surface area is 120 Å². The number of H-pyrrole nitrogens is 1. The predicted octanol–water partition coefficient (Wildman–Crippen LogP) is 5.01. The summed E-state index contributed by atoms with van der Waals surface area (Å²) in [7, 11) is 0. The van der Waals surface area contributed by atoms with Crippen LogP contribution in [0, 0.1) is 13.8 Å². The number of hydrogen-bond donors (Lipinski definition) is 1. The van der Waals surface area contributed by atoms with E-state index in [1.807, 2.05) is 0 Å². The minimum atomic E-state index is -0.0790. The highest BCUT2D eigenvalue weighted by molar-refractivity contribution is 5.85. The summed E-state index contributed by atoms with van der Waals surface area (Å²) in [4.78, 5) is 3.61. The highest BCUT2D eigenvalue weighted by atomic mass is 14.7. The van der Waals surface area contributed by atoms with Crippen LogP contribution in [-0.2, 0) is 5.41 Å². The van der Waals surface area contributed by atoms with Crippen molar-refractivity contribution in [3.8, 4) is 0 Å². The molecule has 0 saturated carbocycles. The molecule has 0 amide bonds. The van der Waals surface area contributed by atoms with Crippen molar-refractivity contribution in [2.75, 3.05) is 0 Å². The molecule has 0 saturated heterocycles. The number of nitrogens with one attached hydrogen (secondary N) is 1. The molecule has 1 heterocycles. The van der Waals surface area contributed by atoms with Crippen molar-refractivity contribution in [2.24, 2.45) is 0 Å². The van der Waals surface area contributed by atoms with Crippen LogP contribution in [0.2, 0.25) is 0 Å². The van der Waals surface area contributed by atoms with Crippen LogP contribution in [0.1, 0.15) is 30.2 Å². The van der Waals surface area contributed by atoms with E-state index in [2.05, 4.69) is 80.4 Å². The van der Waals surface area contributed by atoms with Gasteiger partial charge in [-0.15, -0.1) is 0 Å². The highest BCUT2D eigenvalue weighted by Gasteiger charge is 2.30. The molecule has 0 fully saturated rings. The summed E-state index contributed by atoms with van der Waals surface area (Å²) in [6, 6.07) is 19.1. The van der Waals surface area contributed by atoms with E-state index in [1.54, 1.807) is 0 Å². The maximum Gasteiger partial charge on any atom is 0.0459 e. The van der Waals surface area contributed by atoms with E-state index >= 15 is 0 Å². The third-order valence-corrected chi connectivity index (χ3v) is 4.43. The Hall–Kier alpha value is -2.02. The van der Waals surface area contributed by atoms with Crippen molar-refractivity contribution < 1.29 is 0 Å². The number of fused-ring (bicyclic) bond motifs is 1. The third kappa shape index (κ3) is 1.85. The summed E-state index contributed by atoms with van der Waals surface area (Å²) in [5.41, 5.74) is 5.04. The van der Waals surface area contributed by atoms with E-state index in [4.69, 9.17) is 0 Å². The van der Waals surface area contributed by atoms with Gasteiger partial charge < -0.3 is 4.98 Å². The second-order valence-corrected chi connectivity index (χ2v) is 5.62. The summed E-state index contributed by atoms with van der Waals surface area (Å²) >= 11 is 0. The monoisotopic (exact) mass is 262 g/mol. The molecule has 0 bridgehead atoms. The summed E-state index contributed by atoms with van der Waals surface area (Å²) in [5.74, 6) is 0. The molecule has 3 aromatic rings. The Morgan fingerprint density at radius 1 is 1.00 bits per heavy atom. The first kappa shape index (κ1) is 13.0.